The number of hydrogen-bond acceptors (Lipinski definition) is 5. The van der Waals surface area contributed by atoms with Crippen molar-refractivity contribution < 1.29 is 18.5 Å². The van der Waals surface area contributed by atoms with Crippen molar-refractivity contribution in [1.29, 1.82) is 0 Å². The third-order valence-corrected chi connectivity index (χ3v) is 6.84. The standard InChI is InChI=1S/C25H23N3O4S/c1-3-32-22-13-8-16-6-4-5-7-19(16)23(22)25(29)26-24-20-14-33(30)15-21(20)27-28(24)17-9-11-18(31-2)12-10-17/h4-13H,3,14-15H2,1-2H3,(H,26,29)/t33-/m0/s1. The van der Waals surface area contributed by atoms with Crippen LogP contribution in [0.4, 0.5) is 5.82 Å². The Labute approximate surface area is 193 Å². The van der Waals surface area contributed by atoms with Crippen molar-refractivity contribution in [2.24, 2.45) is 0 Å². The summed E-state index contributed by atoms with van der Waals surface area (Å²) in [7, 11) is 0.581. The topological polar surface area (TPSA) is 82.4 Å². The lowest BCUT2D eigenvalue weighted by Gasteiger charge is -2.15. The second kappa shape index (κ2) is 8.71. The fraction of sp³-hybridized carbons (Fsp3) is 0.200. The average Bonchev–Trinajstić information content (AvgIpc) is 3.35. The highest BCUT2D eigenvalue weighted by molar-refractivity contribution is 7.83. The molecule has 0 saturated heterocycles. The minimum atomic E-state index is -1.03. The van der Waals surface area contributed by atoms with Gasteiger partial charge in [-0.2, -0.15) is 5.10 Å². The monoisotopic (exact) mass is 461 g/mol. The summed E-state index contributed by atoms with van der Waals surface area (Å²) in [5.41, 5.74) is 2.78. The first kappa shape index (κ1) is 21.2. The van der Waals surface area contributed by atoms with Gasteiger partial charge >= 0.3 is 0 Å². The number of hydrogen-bond donors (Lipinski definition) is 1. The molecular weight excluding hydrogens is 438 g/mol. The minimum absolute atomic E-state index is 0.301. The van der Waals surface area contributed by atoms with E-state index >= 15 is 0 Å². The lowest BCUT2D eigenvalue weighted by atomic mass is 10.0. The Kier molecular flexibility index (Phi) is 5.60. The quantitative estimate of drug-likeness (QED) is 0.459. The van der Waals surface area contributed by atoms with Crippen LogP contribution in [0.2, 0.25) is 0 Å². The maximum Gasteiger partial charge on any atom is 0.261 e. The summed E-state index contributed by atoms with van der Waals surface area (Å²) < 4.78 is 25.0. The van der Waals surface area contributed by atoms with E-state index in [1.54, 1.807) is 11.8 Å². The molecule has 168 valence electrons. The summed E-state index contributed by atoms with van der Waals surface area (Å²) in [6, 6.07) is 18.9. The van der Waals surface area contributed by atoms with Crippen molar-refractivity contribution in [1.82, 2.24) is 9.78 Å². The molecule has 0 saturated carbocycles. The zero-order chi connectivity index (χ0) is 22.9. The van der Waals surface area contributed by atoms with Crippen molar-refractivity contribution in [3.8, 4) is 17.2 Å². The molecule has 0 fully saturated rings. The smallest absolute Gasteiger partial charge is 0.261 e. The third kappa shape index (κ3) is 3.87. The molecule has 33 heavy (non-hydrogen) atoms. The molecule has 0 radical (unpaired) electrons. The van der Waals surface area contributed by atoms with E-state index in [0.29, 0.717) is 35.2 Å². The lowest BCUT2D eigenvalue weighted by molar-refractivity contribution is 0.102. The molecule has 1 aromatic heterocycles. The van der Waals surface area contributed by atoms with Crippen molar-refractivity contribution in [3.63, 3.8) is 0 Å². The molecular formula is C25H23N3O4S. The number of rotatable bonds is 6. The van der Waals surface area contributed by atoms with E-state index in [1.807, 2.05) is 67.6 Å². The van der Waals surface area contributed by atoms with Crippen LogP contribution in [0.3, 0.4) is 0 Å². The second-order valence-electron chi connectivity index (χ2n) is 7.66. The molecule has 7 nitrogen and oxygen atoms in total. The number of carbonyl (C=O) groups is 1. The molecule has 1 amide bonds. The molecule has 4 aromatic rings. The highest BCUT2D eigenvalue weighted by Gasteiger charge is 2.29. The molecule has 1 aliphatic heterocycles. The van der Waals surface area contributed by atoms with E-state index in [2.05, 4.69) is 10.4 Å². The molecule has 0 spiro atoms. The number of methoxy groups -OCH3 is 1. The zero-order valence-electron chi connectivity index (χ0n) is 18.3. The Balaban J connectivity index is 1.60. The summed E-state index contributed by atoms with van der Waals surface area (Å²) >= 11 is 0. The zero-order valence-corrected chi connectivity index (χ0v) is 19.1. The van der Waals surface area contributed by atoms with Crippen molar-refractivity contribution in [2.75, 3.05) is 19.0 Å². The van der Waals surface area contributed by atoms with Gasteiger partial charge in [0, 0.05) is 16.4 Å². The van der Waals surface area contributed by atoms with E-state index in [-0.39, 0.29) is 5.91 Å². The van der Waals surface area contributed by atoms with Gasteiger partial charge in [-0.05, 0) is 48.0 Å². The summed E-state index contributed by atoms with van der Waals surface area (Å²) in [4.78, 5) is 13.7. The Morgan fingerprint density at radius 2 is 1.88 bits per heavy atom. The maximum absolute atomic E-state index is 13.7. The van der Waals surface area contributed by atoms with E-state index in [0.717, 1.165) is 33.5 Å². The van der Waals surface area contributed by atoms with E-state index in [1.165, 1.54) is 0 Å². The van der Waals surface area contributed by atoms with Crippen LogP contribution in [0.1, 0.15) is 28.5 Å². The number of benzene rings is 3. The van der Waals surface area contributed by atoms with Crippen LogP contribution in [0, 0.1) is 0 Å². The van der Waals surface area contributed by atoms with Gasteiger partial charge in [0.15, 0.2) is 0 Å². The highest BCUT2D eigenvalue weighted by atomic mass is 32.2. The number of carbonyl (C=O) groups excluding carboxylic acids is 1. The van der Waals surface area contributed by atoms with Gasteiger partial charge in [-0.3, -0.25) is 9.00 Å². The van der Waals surface area contributed by atoms with Crippen LogP contribution in [0.5, 0.6) is 11.5 Å². The Morgan fingerprint density at radius 3 is 2.64 bits per heavy atom. The molecule has 0 bridgehead atoms. The number of nitrogens with zero attached hydrogens (tertiary/aromatic N) is 2. The van der Waals surface area contributed by atoms with Crippen molar-refractivity contribution >= 4 is 33.3 Å². The SMILES string of the molecule is CCOc1ccc2ccccc2c1C(=O)Nc1c2c(nn1-c1ccc(OC)cc1)C[S@@](=O)C2. The van der Waals surface area contributed by atoms with Gasteiger partial charge in [0.05, 0.1) is 42.2 Å². The van der Waals surface area contributed by atoms with E-state index in [9.17, 15) is 9.00 Å². The molecule has 8 heteroatoms. The normalized spacial score (nSPS) is 14.8. The summed E-state index contributed by atoms with van der Waals surface area (Å²) in [5, 5.41) is 9.48. The second-order valence-corrected chi connectivity index (χ2v) is 9.12. The Hall–Kier alpha value is -3.65. The van der Waals surface area contributed by atoms with E-state index < -0.39 is 10.8 Å². The fourth-order valence-electron chi connectivity index (χ4n) is 4.10. The van der Waals surface area contributed by atoms with Crippen molar-refractivity contribution in [2.45, 2.75) is 18.4 Å². The first-order chi connectivity index (χ1) is 16.1. The van der Waals surface area contributed by atoms with Gasteiger partial charge < -0.3 is 14.8 Å². The number of anilines is 1. The summed E-state index contributed by atoms with van der Waals surface area (Å²) in [6.07, 6.45) is 0. The predicted octanol–water partition coefficient (Wildman–Crippen LogP) is 4.45. The first-order valence-corrected chi connectivity index (χ1v) is 12.1. The number of amides is 1. The Morgan fingerprint density at radius 1 is 1.09 bits per heavy atom. The maximum atomic E-state index is 13.7. The molecule has 5 rings (SSSR count). The van der Waals surface area contributed by atoms with Gasteiger partial charge in [0.25, 0.3) is 5.91 Å². The van der Waals surface area contributed by atoms with Crippen LogP contribution < -0.4 is 14.8 Å². The predicted molar refractivity (Wildman–Crippen MR) is 129 cm³/mol. The largest absolute Gasteiger partial charge is 0.497 e. The summed E-state index contributed by atoms with van der Waals surface area (Å²) in [5.74, 6) is 2.20. The molecule has 1 atom stereocenters. The average molecular weight is 462 g/mol. The molecule has 2 heterocycles. The number of aromatic nitrogens is 2. The number of nitrogens with one attached hydrogen (secondary N) is 1. The molecule has 1 N–H and O–H groups in total. The van der Waals surface area contributed by atoms with Crippen LogP contribution in [0.15, 0.2) is 60.7 Å². The lowest BCUT2D eigenvalue weighted by Crippen LogP contribution is -2.18. The third-order valence-electron chi connectivity index (χ3n) is 5.64. The summed E-state index contributed by atoms with van der Waals surface area (Å²) in [6.45, 7) is 2.33. The van der Waals surface area contributed by atoms with Crippen molar-refractivity contribution in [3.05, 3.63) is 77.5 Å². The van der Waals surface area contributed by atoms with Gasteiger partial charge in [-0.1, -0.05) is 30.3 Å². The van der Waals surface area contributed by atoms with Gasteiger partial charge in [0.2, 0.25) is 0 Å². The molecule has 0 aliphatic carbocycles. The molecule has 1 aliphatic rings. The highest BCUT2D eigenvalue weighted by Crippen LogP contribution is 2.34. The number of fused-ring (bicyclic) bond motifs is 2. The van der Waals surface area contributed by atoms with Gasteiger partial charge in [0.1, 0.15) is 17.3 Å². The number of ether oxygens (including phenoxy) is 2. The van der Waals surface area contributed by atoms with E-state index in [4.69, 9.17) is 9.47 Å². The van der Waals surface area contributed by atoms with Crippen LogP contribution >= 0.6 is 0 Å². The molecule has 0 unspecified atom stereocenters. The van der Waals surface area contributed by atoms with Crippen LogP contribution in [-0.2, 0) is 22.3 Å². The minimum Gasteiger partial charge on any atom is -0.497 e. The molecule has 3 aromatic carbocycles. The fourth-order valence-corrected chi connectivity index (χ4v) is 5.36. The Bertz CT molecular complexity index is 1380. The van der Waals surface area contributed by atoms with Gasteiger partial charge in [-0.15, -0.1) is 0 Å². The van der Waals surface area contributed by atoms with Crippen LogP contribution in [-0.4, -0.2) is 33.6 Å². The first-order valence-electron chi connectivity index (χ1n) is 10.6. The van der Waals surface area contributed by atoms with Gasteiger partial charge in [-0.25, -0.2) is 4.68 Å². The van der Waals surface area contributed by atoms with Crippen LogP contribution in [0.25, 0.3) is 16.5 Å².